The Morgan fingerprint density at radius 2 is 2.07 bits per heavy atom. The van der Waals surface area contributed by atoms with Crippen molar-refractivity contribution in [3.8, 4) is 5.69 Å². The summed E-state index contributed by atoms with van der Waals surface area (Å²) in [5, 5.41) is 15.7. The Bertz CT molecular complexity index is 805. The maximum atomic E-state index is 12.7. The van der Waals surface area contributed by atoms with E-state index < -0.39 is 0 Å². The zero-order valence-corrected chi connectivity index (χ0v) is 17.6. The molecule has 1 N–H and O–H groups in total. The fraction of sp³-hybridized carbons (Fsp3) is 0.600. The number of rotatable bonds is 5. The molecule has 1 aliphatic rings. The Kier molecular flexibility index (Phi) is 6.19. The van der Waals surface area contributed by atoms with Crippen LogP contribution in [0.5, 0.6) is 0 Å². The van der Waals surface area contributed by atoms with E-state index in [4.69, 9.17) is 0 Å². The van der Waals surface area contributed by atoms with Gasteiger partial charge >= 0.3 is 0 Å². The van der Waals surface area contributed by atoms with E-state index >= 15 is 0 Å². The lowest BCUT2D eigenvalue weighted by molar-refractivity contribution is -0.121. The molecule has 1 saturated carbocycles. The molecule has 0 bridgehead atoms. The van der Waals surface area contributed by atoms with Crippen LogP contribution in [0.25, 0.3) is 5.69 Å². The first-order chi connectivity index (χ1) is 12.9. The van der Waals surface area contributed by atoms with Crippen molar-refractivity contribution >= 4 is 17.7 Å². The Morgan fingerprint density at radius 3 is 2.85 bits per heavy atom. The number of aryl methyl sites for hydroxylation is 1. The summed E-state index contributed by atoms with van der Waals surface area (Å²) < 4.78 is 1.72. The fourth-order valence-electron chi connectivity index (χ4n) is 3.67. The lowest BCUT2D eigenvalue weighted by Gasteiger charge is -2.35. The monoisotopic (exact) mass is 387 g/mol. The summed E-state index contributed by atoms with van der Waals surface area (Å²) >= 11 is 1.40. The highest BCUT2D eigenvalue weighted by atomic mass is 32.2. The molecule has 1 aliphatic carbocycles. The average molecular weight is 388 g/mol. The number of thioether (sulfide) groups is 1. The highest BCUT2D eigenvalue weighted by Gasteiger charge is 2.30. The Hall–Kier alpha value is -1.89. The molecule has 1 aromatic heterocycles. The van der Waals surface area contributed by atoms with Crippen molar-refractivity contribution in [3.63, 3.8) is 0 Å². The van der Waals surface area contributed by atoms with Gasteiger partial charge in [-0.1, -0.05) is 50.6 Å². The van der Waals surface area contributed by atoms with Crippen LogP contribution in [0.1, 0.15) is 51.2 Å². The molecule has 146 valence electrons. The third-order valence-electron chi connectivity index (χ3n) is 5.93. The van der Waals surface area contributed by atoms with Crippen molar-refractivity contribution in [1.82, 2.24) is 25.5 Å². The summed E-state index contributed by atoms with van der Waals surface area (Å²) in [6, 6.07) is 6.33. The van der Waals surface area contributed by atoms with Crippen LogP contribution >= 0.6 is 11.8 Å². The molecule has 7 heteroatoms. The van der Waals surface area contributed by atoms with Crippen LogP contribution in [-0.4, -0.2) is 37.4 Å². The minimum atomic E-state index is -0.260. The molecule has 0 spiro atoms. The number of benzene rings is 1. The van der Waals surface area contributed by atoms with Crippen molar-refractivity contribution < 1.29 is 4.79 Å². The van der Waals surface area contributed by atoms with Gasteiger partial charge in [0.15, 0.2) is 0 Å². The Labute approximate surface area is 165 Å². The molecule has 27 heavy (non-hydrogen) atoms. The standard InChI is InChI=1S/C20H29N5OS/c1-12-8-6-10-17(14(12)3)21-19(26)16(5)27-20-22-23-24-25(20)18-11-7-9-13(2)15(18)4/h7,9,11-12,14,16-17H,6,8,10H2,1-5H3,(H,21,26)/t12-,14-,16-,17-/m0/s1. The molecular weight excluding hydrogens is 358 g/mol. The molecule has 0 unspecified atom stereocenters. The van der Waals surface area contributed by atoms with Gasteiger partial charge in [-0.05, 0) is 66.6 Å². The highest BCUT2D eigenvalue weighted by Crippen LogP contribution is 2.30. The largest absolute Gasteiger partial charge is 0.352 e. The van der Waals surface area contributed by atoms with Crippen molar-refractivity contribution in [2.75, 3.05) is 0 Å². The molecule has 0 aliphatic heterocycles. The molecule has 1 aromatic carbocycles. The van der Waals surface area contributed by atoms with Crippen LogP contribution in [0.2, 0.25) is 0 Å². The summed E-state index contributed by atoms with van der Waals surface area (Å²) in [6.45, 7) is 10.6. The van der Waals surface area contributed by atoms with Crippen molar-refractivity contribution in [2.45, 2.75) is 70.3 Å². The second kappa shape index (κ2) is 8.42. The molecule has 3 rings (SSSR count). The first-order valence-electron chi connectivity index (χ1n) is 9.70. The predicted molar refractivity (Wildman–Crippen MR) is 108 cm³/mol. The normalized spacial score (nSPS) is 23.8. The molecule has 2 aromatic rings. The summed E-state index contributed by atoms with van der Waals surface area (Å²) in [5.74, 6) is 1.23. The van der Waals surface area contributed by atoms with Crippen LogP contribution in [0, 0.1) is 25.7 Å². The Morgan fingerprint density at radius 1 is 1.30 bits per heavy atom. The number of tetrazole rings is 1. The molecule has 6 nitrogen and oxygen atoms in total. The number of amides is 1. The van der Waals surface area contributed by atoms with E-state index in [0.29, 0.717) is 17.0 Å². The number of nitrogens with zero attached hydrogens (tertiary/aromatic N) is 4. The second-order valence-corrected chi connectivity index (χ2v) is 9.04. The SMILES string of the molecule is Cc1cccc(-n2nnnc2S[C@@H](C)C(=O)N[C@H]2CCC[C@H](C)[C@@H]2C)c1C. The molecule has 0 radical (unpaired) electrons. The summed E-state index contributed by atoms with van der Waals surface area (Å²) in [5.41, 5.74) is 3.27. The molecule has 4 atom stereocenters. The van der Waals surface area contributed by atoms with Gasteiger partial charge in [0, 0.05) is 6.04 Å². The topological polar surface area (TPSA) is 72.7 Å². The number of hydrogen-bond donors (Lipinski definition) is 1. The minimum Gasteiger partial charge on any atom is -0.352 e. The summed E-state index contributed by atoms with van der Waals surface area (Å²) in [6.07, 6.45) is 3.50. The van der Waals surface area contributed by atoms with Crippen LogP contribution in [0.3, 0.4) is 0 Å². The molecular formula is C20H29N5OS. The van der Waals surface area contributed by atoms with Gasteiger partial charge in [0.25, 0.3) is 0 Å². The van der Waals surface area contributed by atoms with Gasteiger partial charge in [-0.25, -0.2) is 0 Å². The average Bonchev–Trinajstić information content (AvgIpc) is 3.09. The van der Waals surface area contributed by atoms with Crippen LogP contribution in [0.15, 0.2) is 23.4 Å². The van der Waals surface area contributed by atoms with E-state index in [1.807, 2.05) is 19.1 Å². The fourth-order valence-corrected chi connectivity index (χ4v) is 4.48. The maximum Gasteiger partial charge on any atom is 0.233 e. The maximum absolute atomic E-state index is 12.7. The first kappa shape index (κ1) is 19.9. The Balaban J connectivity index is 1.70. The molecule has 1 fully saturated rings. The zero-order chi connectivity index (χ0) is 19.6. The van der Waals surface area contributed by atoms with Crippen molar-refractivity contribution in [3.05, 3.63) is 29.3 Å². The number of carbonyl (C=O) groups is 1. The van der Waals surface area contributed by atoms with E-state index in [-0.39, 0.29) is 17.2 Å². The lowest BCUT2D eigenvalue weighted by Crippen LogP contribution is -2.46. The first-order valence-corrected chi connectivity index (χ1v) is 10.6. The second-order valence-electron chi connectivity index (χ2n) is 7.73. The van der Waals surface area contributed by atoms with E-state index in [0.717, 1.165) is 17.7 Å². The number of nitrogens with one attached hydrogen (secondary N) is 1. The highest BCUT2D eigenvalue weighted by molar-refractivity contribution is 8.00. The quantitative estimate of drug-likeness (QED) is 0.792. The van der Waals surface area contributed by atoms with E-state index in [1.54, 1.807) is 4.68 Å². The number of aromatic nitrogens is 4. The van der Waals surface area contributed by atoms with Gasteiger partial charge in [0.1, 0.15) is 0 Å². The smallest absolute Gasteiger partial charge is 0.233 e. The third kappa shape index (κ3) is 4.34. The van der Waals surface area contributed by atoms with Crippen LogP contribution < -0.4 is 5.32 Å². The summed E-state index contributed by atoms with van der Waals surface area (Å²) in [7, 11) is 0. The molecule has 1 amide bonds. The van der Waals surface area contributed by atoms with Gasteiger partial charge in [-0.3, -0.25) is 4.79 Å². The van der Waals surface area contributed by atoms with E-state index in [1.165, 1.54) is 30.2 Å². The van der Waals surface area contributed by atoms with Crippen molar-refractivity contribution in [1.29, 1.82) is 0 Å². The summed E-state index contributed by atoms with van der Waals surface area (Å²) in [4.78, 5) is 12.7. The predicted octanol–water partition coefficient (Wildman–Crippen LogP) is 3.70. The van der Waals surface area contributed by atoms with E-state index in [2.05, 4.69) is 54.6 Å². The third-order valence-corrected chi connectivity index (χ3v) is 6.96. The lowest BCUT2D eigenvalue weighted by atomic mass is 9.78. The van der Waals surface area contributed by atoms with Crippen LogP contribution in [0.4, 0.5) is 0 Å². The van der Waals surface area contributed by atoms with E-state index in [9.17, 15) is 4.79 Å². The van der Waals surface area contributed by atoms with Gasteiger partial charge < -0.3 is 5.32 Å². The van der Waals surface area contributed by atoms with Gasteiger partial charge in [0.05, 0.1) is 10.9 Å². The molecule has 0 saturated heterocycles. The zero-order valence-electron chi connectivity index (χ0n) is 16.8. The number of hydrogen-bond acceptors (Lipinski definition) is 5. The van der Waals surface area contributed by atoms with Crippen LogP contribution in [-0.2, 0) is 4.79 Å². The van der Waals surface area contributed by atoms with Gasteiger partial charge in [0.2, 0.25) is 11.1 Å². The van der Waals surface area contributed by atoms with Crippen molar-refractivity contribution in [2.24, 2.45) is 11.8 Å². The molecule has 1 heterocycles. The van der Waals surface area contributed by atoms with Gasteiger partial charge in [-0.15, -0.1) is 5.10 Å². The minimum absolute atomic E-state index is 0.0569. The number of carbonyl (C=O) groups excluding carboxylic acids is 1. The van der Waals surface area contributed by atoms with Gasteiger partial charge in [-0.2, -0.15) is 4.68 Å².